The third-order valence-corrected chi connectivity index (χ3v) is 3.66. The monoisotopic (exact) mass is 392 g/mol. The fourth-order valence-electron chi connectivity index (χ4n) is 2.30. The van der Waals surface area contributed by atoms with Crippen molar-refractivity contribution in [2.75, 3.05) is 20.8 Å². The standard InChI is InChI=1S/C18H17FN2O7/c1-26-15-6-4-13(19)7-12(15)10-28-17(22)9-20-18(23)11-3-5-16(27-2)14(8-11)21(24)25/h3-8H,9-10H2,1-2H3,(H,20,23). The highest BCUT2D eigenvalue weighted by atomic mass is 19.1. The number of hydrogen-bond donors (Lipinski definition) is 1. The van der Waals surface area contributed by atoms with Crippen LogP contribution in [0.2, 0.25) is 0 Å². The Kier molecular flexibility index (Phi) is 6.85. The number of esters is 1. The Labute approximate surface area is 159 Å². The number of nitro groups is 1. The van der Waals surface area contributed by atoms with Gasteiger partial charge in [0.05, 0.1) is 19.1 Å². The lowest BCUT2D eigenvalue weighted by Crippen LogP contribution is -2.30. The van der Waals surface area contributed by atoms with Gasteiger partial charge in [0.2, 0.25) is 0 Å². The number of nitrogens with zero attached hydrogens (tertiary/aromatic N) is 1. The number of nitrogens with one attached hydrogen (secondary N) is 1. The maximum absolute atomic E-state index is 13.3. The summed E-state index contributed by atoms with van der Waals surface area (Å²) < 4.78 is 28.2. The number of ether oxygens (including phenoxy) is 3. The molecule has 10 heteroatoms. The molecule has 1 N–H and O–H groups in total. The Morgan fingerprint density at radius 3 is 2.43 bits per heavy atom. The SMILES string of the molecule is COc1ccc(F)cc1COC(=O)CNC(=O)c1ccc(OC)c([N+](=O)[O-])c1. The second-order valence-electron chi connectivity index (χ2n) is 5.44. The first-order chi connectivity index (χ1) is 13.3. The summed E-state index contributed by atoms with van der Waals surface area (Å²) in [4.78, 5) is 34.2. The van der Waals surface area contributed by atoms with Crippen LogP contribution in [0.15, 0.2) is 36.4 Å². The maximum Gasteiger partial charge on any atom is 0.325 e. The first-order valence-electron chi connectivity index (χ1n) is 7.94. The van der Waals surface area contributed by atoms with Gasteiger partial charge in [-0.05, 0) is 30.3 Å². The second-order valence-corrected chi connectivity index (χ2v) is 5.44. The van der Waals surface area contributed by atoms with E-state index >= 15 is 0 Å². The molecule has 9 nitrogen and oxygen atoms in total. The van der Waals surface area contributed by atoms with Gasteiger partial charge < -0.3 is 19.5 Å². The Morgan fingerprint density at radius 2 is 1.79 bits per heavy atom. The van der Waals surface area contributed by atoms with Crippen LogP contribution in [0.1, 0.15) is 15.9 Å². The molecule has 0 spiro atoms. The fourth-order valence-corrected chi connectivity index (χ4v) is 2.30. The lowest BCUT2D eigenvalue weighted by atomic mass is 10.1. The van der Waals surface area contributed by atoms with E-state index in [9.17, 15) is 24.1 Å². The topological polar surface area (TPSA) is 117 Å². The number of amides is 1. The van der Waals surface area contributed by atoms with Gasteiger partial charge in [0.25, 0.3) is 5.91 Å². The highest BCUT2D eigenvalue weighted by molar-refractivity contribution is 5.96. The van der Waals surface area contributed by atoms with Crippen molar-refractivity contribution in [1.82, 2.24) is 5.32 Å². The summed E-state index contributed by atoms with van der Waals surface area (Å²) in [6.45, 7) is -0.722. The number of nitro benzene ring substituents is 1. The van der Waals surface area contributed by atoms with Crippen LogP contribution < -0.4 is 14.8 Å². The van der Waals surface area contributed by atoms with Gasteiger partial charge in [-0.25, -0.2) is 4.39 Å². The number of hydrogen-bond acceptors (Lipinski definition) is 7. The molecule has 148 valence electrons. The number of methoxy groups -OCH3 is 2. The summed E-state index contributed by atoms with van der Waals surface area (Å²) in [7, 11) is 2.67. The highest BCUT2D eigenvalue weighted by Gasteiger charge is 2.18. The zero-order valence-corrected chi connectivity index (χ0v) is 15.1. The van der Waals surface area contributed by atoms with E-state index in [1.54, 1.807) is 0 Å². The molecule has 0 aromatic heterocycles. The average molecular weight is 392 g/mol. The molecule has 0 fully saturated rings. The molecule has 0 heterocycles. The summed E-state index contributed by atoms with van der Waals surface area (Å²) in [5.74, 6) is -1.64. The zero-order chi connectivity index (χ0) is 20.7. The van der Waals surface area contributed by atoms with Crippen LogP contribution in [0.25, 0.3) is 0 Å². The zero-order valence-electron chi connectivity index (χ0n) is 15.1. The Balaban J connectivity index is 1.94. The molecule has 0 aliphatic heterocycles. The van der Waals surface area contributed by atoms with Crippen LogP contribution in [0.4, 0.5) is 10.1 Å². The van der Waals surface area contributed by atoms with Crippen LogP contribution in [-0.4, -0.2) is 37.6 Å². The van der Waals surface area contributed by atoms with Gasteiger partial charge in [-0.3, -0.25) is 19.7 Å². The minimum atomic E-state index is -0.775. The van der Waals surface area contributed by atoms with E-state index < -0.39 is 29.2 Å². The van der Waals surface area contributed by atoms with Crippen LogP contribution in [0, 0.1) is 15.9 Å². The van der Waals surface area contributed by atoms with E-state index in [1.807, 2.05) is 0 Å². The molecule has 0 saturated heterocycles. The van der Waals surface area contributed by atoms with Gasteiger partial charge in [0.1, 0.15) is 24.7 Å². The van der Waals surface area contributed by atoms with Crippen molar-refractivity contribution in [1.29, 1.82) is 0 Å². The van der Waals surface area contributed by atoms with Crippen LogP contribution >= 0.6 is 0 Å². The molecule has 2 aromatic rings. The Hall–Kier alpha value is -3.69. The van der Waals surface area contributed by atoms with E-state index in [0.717, 1.165) is 6.07 Å². The molecule has 0 aliphatic carbocycles. The van der Waals surface area contributed by atoms with Crippen molar-refractivity contribution >= 4 is 17.6 Å². The van der Waals surface area contributed by atoms with Gasteiger partial charge in [-0.15, -0.1) is 0 Å². The van der Waals surface area contributed by atoms with Crippen LogP contribution in [0.3, 0.4) is 0 Å². The third kappa shape index (κ3) is 5.16. The van der Waals surface area contributed by atoms with Crippen molar-refractivity contribution in [3.8, 4) is 11.5 Å². The normalized spacial score (nSPS) is 10.1. The van der Waals surface area contributed by atoms with Gasteiger partial charge in [0, 0.05) is 17.2 Å². The minimum Gasteiger partial charge on any atom is -0.496 e. The van der Waals surface area contributed by atoms with Gasteiger partial charge in [-0.2, -0.15) is 0 Å². The Bertz CT molecular complexity index is 901. The van der Waals surface area contributed by atoms with Gasteiger partial charge in [0.15, 0.2) is 5.75 Å². The average Bonchev–Trinajstić information content (AvgIpc) is 2.69. The smallest absolute Gasteiger partial charge is 0.325 e. The molecule has 2 aromatic carbocycles. The number of halogens is 1. The Morgan fingerprint density at radius 1 is 1.11 bits per heavy atom. The number of benzene rings is 2. The predicted octanol–water partition coefficient (Wildman–Crippen LogP) is 2.22. The summed E-state index contributed by atoms with van der Waals surface area (Å²) in [6, 6.07) is 7.42. The number of carbonyl (C=O) groups is 2. The minimum absolute atomic E-state index is 0.00463. The molecule has 0 radical (unpaired) electrons. The molecule has 0 unspecified atom stereocenters. The van der Waals surface area contributed by atoms with Crippen LogP contribution in [0.5, 0.6) is 11.5 Å². The maximum atomic E-state index is 13.3. The van der Waals surface area contributed by atoms with Crippen molar-refractivity contribution in [3.63, 3.8) is 0 Å². The summed E-state index contributed by atoms with van der Waals surface area (Å²) in [5.41, 5.74) is -0.0732. The van der Waals surface area contributed by atoms with Crippen molar-refractivity contribution < 1.29 is 33.1 Å². The lowest BCUT2D eigenvalue weighted by molar-refractivity contribution is -0.385. The quantitative estimate of drug-likeness (QED) is 0.416. The first-order valence-corrected chi connectivity index (χ1v) is 7.94. The van der Waals surface area contributed by atoms with E-state index in [4.69, 9.17) is 14.2 Å². The third-order valence-electron chi connectivity index (χ3n) is 3.66. The molecule has 0 atom stereocenters. The predicted molar refractivity (Wildman–Crippen MR) is 94.7 cm³/mol. The number of carbonyl (C=O) groups excluding carboxylic acids is 2. The largest absolute Gasteiger partial charge is 0.496 e. The fraction of sp³-hybridized carbons (Fsp3) is 0.222. The summed E-state index contributed by atoms with van der Waals surface area (Å²) in [6.07, 6.45) is 0. The van der Waals surface area contributed by atoms with E-state index in [0.29, 0.717) is 11.3 Å². The summed E-state index contributed by atoms with van der Waals surface area (Å²) in [5, 5.41) is 13.3. The summed E-state index contributed by atoms with van der Waals surface area (Å²) >= 11 is 0. The van der Waals surface area contributed by atoms with Crippen molar-refractivity contribution in [2.45, 2.75) is 6.61 Å². The van der Waals surface area contributed by atoms with Crippen LogP contribution in [-0.2, 0) is 16.1 Å². The molecular weight excluding hydrogens is 375 g/mol. The molecule has 0 bridgehead atoms. The number of rotatable bonds is 8. The molecule has 2 rings (SSSR count). The van der Waals surface area contributed by atoms with Crippen molar-refractivity contribution in [2.24, 2.45) is 0 Å². The molecule has 0 saturated carbocycles. The van der Waals surface area contributed by atoms with Gasteiger partial charge in [-0.1, -0.05) is 0 Å². The first kappa shape index (κ1) is 20.6. The molecule has 1 amide bonds. The van der Waals surface area contributed by atoms with Crippen molar-refractivity contribution in [3.05, 3.63) is 63.5 Å². The highest BCUT2D eigenvalue weighted by Crippen LogP contribution is 2.27. The molecule has 0 aliphatic rings. The lowest BCUT2D eigenvalue weighted by Gasteiger charge is -2.10. The molecular formula is C18H17FN2O7. The van der Waals surface area contributed by atoms with E-state index in [1.165, 1.54) is 44.6 Å². The second kappa shape index (κ2) is 9.31. The van der Waals surface area contributed by atoms with E-state index in [2.05, 4.69) is 5.32 Å². The van der Waals surface area contributed by atoms with Gasteiger partial charge >= 0.3 is 11.7 Å². The molecule has 28 heavy (non-hydrogen) atoms. The van der Waals surface area contributed by atoms with E-state index in [-0.39, 0.29) is 23.6 Å².